The van der Waals surface area contributed by atoms with Crippen LogP contribution in [0.3, 0.4) is 0 Å². The molecule has 212 valence electrons. The van der Waals surface area contributed by atoms with Crippen molar-refractivity contribution in [3.05, 3.63) is 88.2 Å². The lowest BCUT2D eigenvalue weighted by atomic mass is 9.92. The first-order valence-electron chi connectivity index (χ1n) is 14.1. The number of hydrogen-bond acceptors (Lipinski definition) is 5. The lowest BCUT2D eigenvalue weighted by molar-refractivity contribution is -0.136. The molecule has 6 nitrogen and oxygen atoms in total. The number of carbonyl (C=O) groups is 1. The van der Waals surface area contributed by atoms with Crippen LogP contribution in [0.25, 0.3) is 11.1 Å². The van der Waals surface area contributed by atoms with E-state index in [1.165, 1.54) is 12.1 Å². The number of halogens is 2. The van der Waals surface area contributed by atoms with Crippen molar-refractivity contribution in [2.45, 2.75) is 50.9 Å². The maximum Gasteiger partial charge on any atom is 0.254 e. The molecular weight excluding hydrogens is 531 g/mol. The number of aliphatic hydroxyl groups is 1. The van der Waals surface area contributed by atoms with Crippen LogP contribution in [0.2, 0.25) is 5.02 Å². The second-order valence-corrected chi connectivity index (χ2v) is 10.9. The van der Waals surface area contributed by atoms with Crippen molar-refractivity contribution in [3.63, 3.8) is 0 Å². The van der Waals surface area contributed by atoms with E-state index in [0.717, 1.165) is 54.6 Å². The van der Waals surface area contributed by atoms with E-state index in [1.54, 1.807) is 30.3 Å². The molecule has 2 N–H and O–H groups in total. The SMILES string of the molecule is CCCOc1ccc([C@@H](O)[C@@H](CN2CCCC2)NC(=O)C2OCCc3cc(-c4ccc(F)cc4)ccc32)cc1Cl. The maximum atomic E-state index is 13.7. The molecule has 3 aromatic rings. The predicted octanol–water partition coefficient (Wildman–Crippen LogP) is 5.86. The average Bonchev–Trinajstić information content (AvgIpc) is 3.48. The third-order valence-corrected chi connectivity index (χ3v) is 7.91. The molecule has 2 aliphatic rings. The smallest absolute Gasteiger partial charge is 0.254 e. The summed E-state index contributed by atoms with van der Waals surface area (Å²) in [6.45, 7) is 5.37. The molecule has 40 heavy (non-hydrogen) atoms. The van der Waals surface area contributed by atoms with Crippen LogP contribution in [0.4, 0.5) is 4.39 Å². The van der Waals surface area contributed by atoms with Crippen LogP contribution in [0, 0.1) is 5.82 Å². The average molecular weight is 567 g/mol. The number of rotatable bonds is 10. The molecule has 0 aromatic heterocycles. The zero-order valence-electron chi connectivity index (χ0n) is 22.7. The van der Waals surface area contributed by atoms with Gasteiger partial charge in [0.05, 0.1) is 24.3 Å². The quantitative estimate of drug-likeness (QED) is 0.321. The van der Waals surface area contributed by atoms with Crippen LogP contribution in [0.15, 0.2) is 60.7 Å². The van der Waals surface area contributed by atoms with E-state index in [-0.39, 0.29) is 11.7 Å². The summed E-state index contributed by atoms with van der Waals surface area (Å²) in [7, 11) is 0. The van der Waals surface area contributed by atoms with Crippen LogP contribution in [0.5, 0.6) is 5.75 Å². The third-order valence-electron chi connectivity index (χ3n) is 7.62. The number of nitrogens with zero attached hydrogens (tertiary/aromatic N) is 1. The largest absolute Gasteiger partial charge is 0.492 e. The van der Waals surface area contributed by atoms with Crippen molar-refractivity contribution < 1.29 is 23.8 Å². The highest BCUT2D eigenvalue weighted by Crippen LogP contribution is 2.33. The molecule has 8 heteroatoms. The van der Waals surface area contributed by atoms with Gasteiger partial charge in [-0.15, -0.1) is 0 Å². The van der Waals surface area contributed by atoms with Gasteiger partial charge in [0.2, 0.25) is 0 Å². The first kappa shape index (κ1) is 28.6. The van der Waals surface area contributed by atoms with E-state index < -0.39 is 18.2 Å². The van der Waals surface area contributed by atoms with Crippen molar-refractivity contribution in [1.29, 1.82) is 0 Å². The van der Waals surface area contributed by atoms with Gasteiger partial charge in [0.1, 0.15) is 17.7 Å². The zero-order chi connectivity index (χ0) is 28.1. The van der Waals surface area contributed by atoms with Gasteiger partial charge in [0.25, 0.3) is 5.91 Å². The molecule has 1 amide bonds. The van der Waals surface area contributed by atoms with Gasteiger partial charge in [0.15, 0.2) is 6.10 Å². The highest BCUT2D eigenvalue weighted by atomic mass is 35.5. The molecule has 0 spiro atoms. The summed E-state index contributed by atoms with van der Waals surface area (Å²) in [5.74, 6) is 0.0140. The van der Waals surface area contributed by atoms with Crippen LogP contribution in [-0.2, 0) is 16.0 Å². The van der Waals surface area contributed by atoms with Crippen LogP contribution in [0.1, 0.15) is 55.1 Å². The number of benzene rings is 3. The number of likely N-dealkylation sites (tertiary alicyclic amines) is 1. The van der Waals surface area contributed by atoms with E-state index in [0.29, 0.717) is 42.5 Å². The third kappa shape index (κ3) is 6.66. The first-order valence-corrected chi connectivity index (χ1v) is 14.4. The lowest BCUT2D eigenvalue weighted by Crippen LogP contribution is -2.48. The topological polar surface area (TPSA) is 71.0 Å². The summed E-state index contributed by atoms with van der Waals surface area (Å²) >= 11 is 6.46. The molecule has 0 bridgehead atoms. The molecule has 1 unspecified atom stereocenters. The van der Waals surface area contributed by atoms with E-state index in [1.807, 2.05) is 25.1 Å². The Balaban J connectivity index is 1.35. The molecule has 3 aromatic carbocycles. The van der Waals surface area contributed by atoms with Crippen molar-refractivity contribution in [2.24, 2.45) is 0 Å². The Morgan fingerprint density at radius 2 is 1.88 bits per heavy atom. The molecule has 1 saturated heterocycles. The molecule has 5 rings (SSSR count). The Morgan fingerprint density at radius 3 is 2.60 bits per heavy atom. The molecule has 0 saturated carbocycles. The Kier molecular flexibility index (Phi) is 9.37. The molecule has 2 heterocycles. The van der Waals surface area contributed by atoms with Gasteiger partial charge in [-0.2, -0.15) is 0 Å². The number of fused-ring (bicyclic) bond motifs is 1. The van der Waals surface area contributed by atoms with E-state index in [4.69, 9.17) is 21.1 Å². The lowest BCUT2D eigenvalue weighted by Gasteiger charge is -2.32. The maximum absolute atomic E-state index is 13.7. The monoisotopic (exact) mass is 566 g/mol. The minimum absolute atomic E-state index is 0.277. The normalized spacial score (nSPS) is 18.6. The molecule has 0 aliphatic carbocycles. The van der Waals surface area contributed by atoms with E-state index in [2.05, 4.69) is 10.2 Å². The summed E-state index contributed by atoms with van der Waals surface area (Å²) in [6.07, 6.45) is 1.99. The van der Waals surface area contributed by atoms with Gasteiger partial charge >= 0.3 is 0 Å². The number of aliphatic hydroxyl groups excluding tert-OH is 1. The number of amides is 1. The summed E-state index contributed by atoms with van der Waals surface area (Å²) < 4.78 is 25.0. The summed E-state index contributed by atoms with van der Waals surface area (Å²) in [4.78, 5) is 15.9. The standard InChI is InChI=1S/C32H36ClFN2O4/c1-2-16-39-29-12-8-24(19-27(29)33)30(37)28(20-36-14-3-4-15-36)35-32(38)31-26-11-7-22(18-23(26)13-17-40-31)21-5-9-25(34)10-6-21/h5-12,18-19,28,30-31,37H,2-4,13-17,20H2,1H3,(H,35,38)/t28-,30-,31?/m1/s1. The van der Waals surface area contributed by atoms with Gasteiger partial charge < -0.3 is 24.8 Å². The van der Waals surface area contributed by atoms with Crippen LogP contribution in [-0.4, -0.2) is 54.8 Å². The second-order valence-electron chi connectivity index (χ2n) is 10.5. The predicted molar refractivity (Wildman–Crippen MR) is 154 cm³/mol. The van der Waals surface area contributed by atoms with E-state index >= 15 is 0 Å². The first-order chi connectivity index (χ1) is 19.4. The zero-order valence-corrected chi connectivity index (χ0v) is 23.5. The van der Waals surface area contributed by atoms with Gasteiger partial charge in [-0.1, -0.05) is 54.9 Å². The Morgan fingerprint density at radius 1 is 1.12 bits per heavy atom. The Hall–Kier alpha value is -2.97. The number of nitrogens with one attached hydrogen (secondary N) is 1. The molecule has 2 aliphatic heterocycles. The molecule has 1 fully saturated rings. The van der Waals surface area contributed by atoms with Crippen molar-refractivity contribution in [3.8, 4) is 16.9 Å². The summed E-state index contributed by atoms with van der Waals surface area (Å²) in [5.41, 5.74) is 4.33. The highest BCUT2D eigenvalue weighted by molar-refractivity contribution is 6.32. The fraction of sp³-hybridized carbons (Fsp3) is 0.406. The van der Waals surface area contributed by atoms with Gasteiger partial charge in [0, 0.05) is 6.54 Å². The fourth-order valence-corrected chi connectivity index (χ4v) is 5.73. The molecular formula is C32H36ClFN2O4. The van der Waals surface area contributed by atoms with Gasteiger partial charge in [-0.05, 0) is 90.9 Å². The van der Waals surface area contributed by atoms with Crippen molar-refractivity contribution >= 4 is 17.5 Å². The second kappa shape index (κ2) is 13.1. The number of ether oxygens (including phenoxy) is 2. The highest BCUT2D eigenvalue weighted by Gasteiger charge is 2.33. The Bertz CT molecular complexity index is 1310. The summed E-state index contributed by atoms with van der Waals surface area (Å²) in [6, 6.07) is 17.0. The Labute approximate surface area is 240 Å². The minimum atomic E-state index is -0.966. The van der Waals surface area contributed by atoms with Crippen molar-refractivity contribution in [1.82, 2.24) is 10.2 Å². The van der Waals surface area contributed by atoms with Crippen LogP contribution >= 0.6 is 11.6 Å². The molecule has 3 atom stereocenters. The number of carbonyl (C=O) groups excluding carboxylic acids is 1. The fourth-order valence-electron chi connectivity index (χ4n) is 5.48. The summed E-state index contributed by atoms with van der Waals surface area (Å²) in [5, 5.41) is 15.0. The number of hydrogen-bond donors (Lipinski definition) is 2. The minimum Gasteiger partial charge on any atom is -0.492 e. The van der Waals surface area contributed by atoms with Crippen LogP contribution < -0.4 is 10.1 Å². The van der Waals surface area contributed by atoms with Gasteiger partial charge in [-0.25, -0.2) is 4.39 Å². The van der Waals surface area contributed by atoms with Crippen molar-refractivity contribution in [2.75, 3.05) is 32.8 Å². The van der Waals surface area contributed by atoms with Gasteiger partial charge in [-0.3, -0.25) is 4.79 Å². The molecule has 0 radical (unpaired) electrons. The van der Waals surface area contributed by atoms with E-state index in [9.17, 15) is 14.3 Å².